The number of carbonyl (C=O) groups is 2. The second-order valence-electron chi connectivity index (χ2n) is 9.04. The van der Waals surface area contributed by atoms with Gasteiger partial charge in [-0.05, 0) is 51.1 Å². The highest BCUT2D eigenvalue weighted by atomic mass is 35.5. The first-order chi connectivity index (χ1) is 16.2. The third-order valence-corrected chi connectivity index (χ3v) is 6.06. The highest BCUT2D eigenvalue weighted by Gasteiger charge is 2.31. The number of rotatable bonds is 6. The second kappa shape index (κ2) is 9.71. The quantitative estimate of drug-likeness (QED) is 0.487. The van der Waals surface area contributed by atoms with E-state index in [2.05, 4.69) is 10.3 Å². The van der Waals surface area contributed by atoms with E-state index in [1.165, 1.54) is 18.2 Å². The average Bonchev–Trinajstić information content (AvgIpc) is 3.12. The fourth-order valence-corrected chi connectivity index (χ4v) is 4.44. The van der Waals surface area contributed by atoms with Gasteiger partial charge in [0.2, 0.25) is 5.95 Å². The molecule has 0 aliphatic carbocycles. The number of benzene rings is 2. The Bertz CT molecular complexity index is 1380. The largest absolute Gasteiger partial charge is 0.455 e. The predicted molar refractivity (Wildman–Crippen MR) is 136 cm³/mol. The number of amides is 1. The molecule has 3 aromatic rings. The maximum Gasteiger partial charge on any atom is 0.359 e. The van der Waals surface area contributed by atoms with Crippen LogP contribution in [0, 0.1) is 0 Å². The van der Waals surface area contributed by atoms with Crippen molar-refractivity contribution in [1.82, 2.24) is 9.55 Å². The fraction of sp³-hybridized carbons (Fsp3) is 0.292. The molecule has 9 nitrogen and oxygen atoms in total. The van der Waals surface area contributed by atoms with E-state index in [9.17, 15) is 18.0 Å². The fourth-order valence-electron chi connectivity index (χ4n) is 3.30. The van der Waals surface area contributed by atoms with Crippen LogP contribution in [0.15, 0.2) is 53.4 Å². The molecule has 186 valence electrons. The summed E-state index contributed by atoms with van der Waals surface area (Å²) in [4.78, 5) is 32.5. The molecule has 0 aliphatic heterocycles. The number of nitrogens with one attached hydrogen (secondary N) is 1. The Labute approximate surface area is 209 Å². The van der Waals surface area contributed by atoms with E-state index in [0.717, 1.165) is 6.26 Å². The lowest BCUT2D eigenvalue weighted by Gasteiger charge is -2.21. The number of halogens is 1. The third-order valence-electron chi connectivity index (χ3n) is 4.69. The molecule has 1 amide bonds. The van der Waals surface area contributed by atoms with Crippen LogP contribution in [0.4, 0.5) is 11.8 Å². The summed E-state index contributed by atoms with van der Waals surface area (Å²) in [7, 11) is -0.287. The Hall–Kier alpha value is -3.37. The first-order valence-corrected chi connectivity index (χ1v) is 12.9. The molecule has 0 aliphatic rings. The maximum absolute atomic E-state index is 13.3. The normalized spacial score (nSPS) is 11.7. The Morgan fingerprint density at radius 3 is 2.26 bits per heavy atom. The van der Waals surface area contributed by atoms with Crippen LogP contribution in [0.1, 0.15) is 41.6 Å². The highest BCUT2D eigenvalue weighted by Crippen LogP contribution is 2.30. The van der Waals surface area contributed by atoms with Crippen molar-refractivity contribution in [3.63, 3.8) is 0 Å². The molecule has 0 fully saturated rings. The number of aromatic nitrogens is 2. The van der Waals surface area contributed by atoms with Crippen LogP contribution < -0.4 is 10.2 Å². The minimum absolute atomic E-state index is 0.0157. The Morgan fingerprint density at radius 2 is 1.71 bits per heavy atom. The van der Waals surface area contributed by atoms with Gasteiger partial charge in [-0.15, -0.1) is 0 Å². The molecule has 2 aromatic carbocycles. The number of esters is 1. The van der Waals surface area contributed by atoms with E-state index in [1.54, 1.807) is 68.6 Å². The average molecular weight is 519 g/mol. The standard InChI is InChI=1S/C24H27ClN4O5S/c1-24(2,3)34-22(31)19-20(27-23(28(4)5)29(19)16-10-8-7-9-11-16)26-21(30)17-13-12-15(25)14-18(17)35(6,32)33/h7-14H,1-6H3,(H,26,30). The van der Waals surface area contributed by atoms with Crippen molar-refractivity contribution >= 4 is 45.1 Å². The van der Waals surface area contributed by atoms with Gasteiger partial charge in [-0.25, -0.2) is 13.2 Å². The van der Waals surface area contributed by atoms with E-state index in [-0.39, 0.29) is 27.0 Å². The minimum Gasteiger partial charge on any atom is -0.455 e. The Balaban J connectivity index is 2.21. The van der Waals surface area contributed by atoms with Gasteiger partial charge < -0.3 is 15.0 Å². The van der Waals surface area contributed by atoms with Gasteiger partial charge in [-0.1, -0.05) is 29.8 Å². The van der Waals surface area contributed by atoms with Crippen molar-refractivity contribution in [2.24, 2.45) is 0 Å². The lowest BCUT2D eigenvalue weighted by Crippen LogP contribution is -2.27. The van der Waals surface area contributed by atoms with Gasteiger partial charge in [0.1, 0.15) is 5.60 Å². The summed E-state index contributed by atoms with van der Waals surface area (Å²) in [5.41, 5.74) is -0.346. The van der Waals surface area contributed by atoms with E-state index in [4.69, 9.17) is 16.3 Å². The smallest absolute Gasteiger partial charge is 0.359 e. The summed E-state index contributed by atoms with van der Waals surface area (Å²) in [6.07, 6.45) is 0.982. The van der Waals surface area contributed by atoms with Gasteiger partial charge in [0, 0.05) is 31.1 Å². The molecule has 1 heterocycles. The number of nitrogens with zero attached hydrogens (tertiary/aromatic N) is 3. The molecule has 0 atom stereocenters. The molecule has 0 saturated heterocycles. The second-order valence-corrected chi connectivity index (χ2v) is 11.5. The number of carbonyl (C=O) groups excluding carboxylic acids is 2. The van der Waals surface area contributed by atoms with Crippen LogP contribution in [0.3, 0.4) is 0 Å². The van der Waals surface area contributed by atoms with Crippen molar-refractivity contribution in [3.05, 3.63) is 64.8 Å². The molecule has 35 heavy (non-hydrogen) atoms. The number of hydrogen-bond donors (Lipinski definition) is 1. The lowest BCUT2D eigenvalue weighted by atomic mass is 10.2. The summed E-state index contributed by atoms with van der Waals surface area (Å²) in [6, 6.07) is 12.9. The summed E-state index contributed by atoms with van der Waals surface area (Å²) in [5.74, 6) is -1.20. The third kappa shape index (κ3) is 6.01. The van der Waals surface area contributed by atoms with Crippen molar-refractivity contribution < 1.29 is 22.7 Å². The van der Waals surface area contributed by atoms with E-state index in [1.807, 2.05) is 6.07 Å². The van der Waals surface area contributed by atoms with Crippen LogP contribution in [-0.4, -0.2) is 55.8 Å². The zero-order valence-electron chi connectivity index (χ0n) is 20.3. The van der Waals surface area contributed by atoms with Crippen molar-refractivity contribution in [2.45, 2.75) is 31.3 Å². The molecule has 1 N–H and O–H groups in total. The predicted octanol–water partition coefficient (Wildman–Crippen LogP) is 4.20. The molecule has 0 bridgehead atoms. The van der Waals surface area contributed by atoms with Gasteiger partial charge >= 0.3 is 5.97 Å². The van der Waals surface area contributed by atoms with Gasteiger partial charge in [-0.2, -0.15) is 4.98 Å². The zero-order chi connectivity index (χ0) is 26.1. The van der Waals surface area contributed by atoms with Gasteiger partial charge in [-0.3, -0.25) is 9.36 Å². The van der Waals surface area contributed by atoms with Crippen LogP contribution in [-0.2, 0) is 14.6 Å². The number of ether oxygens (including phenoxy) is 1. The van der Waals surface area contributed by atoms with Crippen molar-refractivity contribution in [2.75, 3.05) is 30.6 Å². The van der Waals surface area contributed by atoms with Crippen LogP contribution >= 0.6 is 11.6 Å². The van der Waals surface area contributed by atoms with E-state index < -0.39 is 27.3 Å². The molecule has 0 radical (unpaired) electrons. The van der Waals surface area contributed by atoms with Crippen LogP contribution in [0.25, 0.3) is 5.69 Å². The molecule has 11 heteroatoms. The SMILES string of the molecule is CN(C)c1nc(NC(=O)c2ccc(Cl)cc2S(C)(=O)=O)c(C(=O)OC(C)(C)C)n1-c1ccccc1. The number of para-hydroxylation sites is 1. The van der Waals surface area contributed by atoms with E-state index >= 15 is 0 Å². The summed E-state index contributed by atoms with van der Waals surface area (Å²) >= 11 is 5.96. The minimum atomic E-state index is -3.77. The number of sulfone groups is 1. The highest BCUT2D eigenvalue weighted by molar-refractivity contribution is 7.90. The monoisotopic (exact) mass is 518 g/mol. The number of hydrogen-bond acceptors (Lipinski definition) is 7. The zero-order valence-corrected chi connectivity index (χ0v) is 21.9. The van der Waals surface area contributed by atoms with Crippen LogP contribution in [0.5, 0.6) is 0 Å². The Morgan fingerprint density at radius 1 is 1.09 bits per heavy atom. The Kier molecular flexibility index (Phi) is 7.28. The molecular formula is C24H27ClN4O5S. The molecule has 0 unspecified atom stereocenters. The molecule has 0 saturated carbocycles. The first kappa shape index (κ1) is 26.2. The summed E-state index contributed by atoms with van der Waals surface area (Å²) in [6.45, 7) is 5.18. The maximum atomic E-state index is 13.3. The molecule has 1 aromatic heterocycles. The summed E-state index contributed by atoms with van der Waals surface area (Å²) in [5, 5.41) is 2.77. The van der Waals surface area contributed by atoms with Gasteiger partial charge in [0.15, 0.2) is 21.3 Å². The first-order valence-electron chi connectivity index (χ1n) is 10.6. The number of anilines is 2. The molecular weight excluding hydrogens is 492 g/mol. The topological polar surface area (TPSA) is 111 Å². The summed E-state index contributed by atoms with van der Waals surface area (Å²) < 4.78 is 31.8. The van der Waals surface area contributed by atoms with Crippen molar-refractivity contribution in [3.8, 4) is 5.69 Å². The van der Waals surface area contributed by atoms with Crippen molar-refractivity contribution in [1.29, 1.82) is 0 Å². The van der Waals surface area contributed by atoms with Gasteiger partial charge in [0.05, 0.1) is 10.5 Å². The lowest BCUT2D eigenvalue weighted by molar-refractivity contribution is 0.00619. The van der Waals surface area contributed by atoms with Crippen LogP contribution in [0.2, 0.25) is 5.02 Å². The molecule has 0 spiro atoms. The molecule has 3 rings (SSSR count). The number of imidazole rings is 1. The van der Waals surface area contributed by atoms with E-state index in [0.29, 0.717) is 11.6 Å². The van der Waals surface area contributed by atoms with Gasteiger partial charge in [0.25, 0.3) is 5.91 Å².